The van der Waals surface area contributed by atoms with E-state index in [2.05, 4.69) is 15.7 Å². The van der Waals surface area contributed by atoms with Gasteiger partial charge in [-0.3, -0.25) is 9.59 Å². The maximum absolute atomic E-state index is 12.6. The Hall–Kier alpha value is -2.83. The number of ether oxygens (including phenoxy) is 1. The second-order valence-electron chi connectivity index (χ2n) is 5.79. The van der Waals surface area contributed by atoms with Crippen molar-refractivity contribution in [3.8, 4) is 5.75 Å². The molecule has 0 spiro atoms. The number of nitrogens with one attached hydrogen (secondary N) is 2. The van der Waals surface area contributed by atoms with Gasteiger partial charge in [-0.25, -0.2) is 4.68 Å². The van der Waals surface area contributed by atoms with Gasteiger partial charge in [-0.1, -0.05) is 12.1 Å². The number of amides is 2. The van der Waals surface area contributed by atoms with E-state index in [1.54, 1.807) is 41.2 Å². The van der Waals surface area contributed by atoms with Gasteiger partial charge in [0.25, 0.3) is 17.4 Å². The molecule has 1 aromatic heterocycles. The van der Waals surface area contributed by atoms with Gasteiger partial charge in [0.2, 0.25) is 0 Å². The van der Waals surface area contributed by atoms with Crippen LogP contribution in [-0.4, -0.2) is 27.2 Å². The predicted molar refractivity (Wildman–Crippen MR) is 85.3 cm³/mol. The number of carbonyl (C=O) groups excluding carboxylic acids is 2. The summed E-state index contributed by atoms with van der Waals surface area (Å²) >= 11 is 0. The van der Waals surface area contributed by atoms with Crippen LogP contribution in [-0.2, 0) is 9.59 Å². The predicted octanol–water partition coefficient (Wildman–Crippen LogP) is 2.19. The first-order chi connectivity index (χ1) is 10.9. The van der Waals surface area contributed by atoms with Gasteiger partial charge in [-0.2, -0.15) is 5.10 Å². The second-order valence-corrected chi connectivity index (χ2v) is 5.79. The molecule has 1 unspecified atom stereocenters. The van der Waals surface area contributed by atoms with Crippen molar-refractivity contribution in [2.24, 2.45) is 0 Å². The third kappa shape index (κ3) is 2.54. The number of para-hydroxylation sites is 2. The highest BCUT2D eigenvalue weighted by Gasteiger charge is 2.47. The van der Waals surface area contributed by atoms with Crippen molar-refractivity contribution < 1.29 is 14.3 Å². The van der Waals surface area contributed by atoms with Crippen LogP contribution in [0.5, 0.6) is 5.75 Å². The van der Waals surface area contributed by atoms with Gasteiger partial charge in [0, 0.05) is 12.1 Å². The van der Waals surface area contributed by atoms with Crippen LogP contribution in [0.4, 0.5) is 11.5 Å². The normalized spacial score (nSPS) is 19.7. The molecule has 120 valence electrons. The SMILES string of the molecule is CC(C)n1nccc1NC(=O)C1(C)Oc2ccccc2NC1=O. The lowest BCUT2D eigenvalue weighted by molar-refractivity contribution is -0.143. The van der Waals surface area contributed by atoms with Gasteiger partial charge < -0.3 is 15.4 Å². The number of rotatable bonds is 3. The molecule has 1 atom stereocenters. The van der Waals surface area contributed by atoms with Gasteiger partial charge in [-0.15, -0.1) is 0 Å². The molecule has 1 aliphatic heterocycles. The van der Waals surface area contributed by atoms with Crippen molar-refractivity contribution in [3.63, 3.8) is 0 Å². The number of anilines is 2. The molecular formula is C16H18N4O3. The van der Waals surface area contributed by atoms with E-state index in [9.17, 15) is 9.59 Å². The van der Waals surface area contributed by atoms with Gasteiger partial charge in [-0.05, 0) is 32.9 Å². The Morgan fingerprint density at radius 2 is 2.09 bits per heavy atom. The van der Waals surface area contributed by atoms with Crippen molar-refractivity contribution >= 4 is 23.3 Å². The number of hydrogen-bond donors (Lipinski definition) is 2. The van der Waals surface area contributed by atoms with Crippen molar-refractivity contribution in [1.29, 1.82) is 0 Å². The highest BCUT2D eigenvalue weighted by atomic mass is 16.5. The van der Waals surface area contributed by atoms with Crippen LogP contribution in [0.1, 0.15) is 26.8 Å². The number of hydrogen-bond acceptors (Lipinski definition) is 4. The minimum absolute atomic E-state index is 0.0786. The van der Waals surface area contributed by atoms with E-state index in [4.69, 9.17) is 4.74 Å². The fourth-order valence-corrected chi connectivity index (χ4v) is 2.38. The molecule has 2 aromatic rings. The smallest absolute Gasteiger partial charge is 0.279 e. The molecule has 3 rings (SSSR count). The molecule has 0 radical (unpaired) electrons. The van der Waals surface area contributed by atoms with Crippen molar-refractivity contribution in [3.05, 3.63) is 36.5 Å². The lowest BCUT2D eigenvalue weighted by atomic mass is 10.0. The van der Waals surface area contributed by atoms with Crippen LogP contribution in [0.3, 0.4) is 0 Å². The number of carbonyl (C=O) groups is 2. The monoisotopic (exact) mass is 314 g/mol. The Bertz CT molecular complexity index is 768. The van der Waals surface area contributed by atoms with E-state index in [1.165, 1.54) is 6.92 Å². The molecule has 0 aliphatic carbocycles. The van der Waals surface area contributed by atoms with E-state index in [0.29, 0.717) is 17.3 Å². The van der Waals surface area contributed by atoms with Crippen molar-refractivity contribution in [2.45, 2.75) is 32.4 Å². The first kappa shape index (κ1) is 15.1. The second kappa shape index (κ2) is 5.42. The number of aromatic nitrogens is 2. The largest absolute Gasteiger partial charge is 0.466 e. The average molecular weight is 314 g/mol. The van der Waals surface area contributed by atoms with Crippen LogP contribution >= 0.6 is 0 Å². The molecule has 2 heterocycles. The lowest BCUT2D eigenvalue weighted by Gasteiger charge is -2.33. The summed E-state index contributed by atoms with van der Waals surface area (Å²) in [5.41, 5.74) is -1.10. The molecule has 0 bridgehead atoms. The maximum atomic E-state index is 12.6. The van der Waals surface area contributed by atoms with E-state index in [-0.39, 0.29) is 6.04 Å². The summed E-state index contributed by atoms with van der Waals surface area (Å²) in [6, 6.07) is 8.75. The molecule has 2 amide bonds. The first-order valence-corrected chi connectivity index (χ1v) is 7.36. The quantitative estimate of drug-likeness (QED) is 0.850. The Morgan fingerprint density at radius 3 is 2.83 bits per heavy atom. The molecule has 1 aliphatic rings. The zero-order chi connectivity index (χ0) is 16.6. The maximum Gasteiger partial charge on any atom is 0.279 e. The summed E-state index contributed by atoms with van der Waals surface area (Å²) in [6.45, 7) is 5.35. The Morgan fingerprint density at radius 1 is 1.35 bits per heavy atom. The highest BCUT2D eigenvalue weighted by Crippen LogP contribution is 2.33. The third-order valence-corrected chi connectivity index (χ3v) is 3.72. The Kier molecular flexibility index (Phi) is 3.55. The molecule has 7 nitrogen and oxygen atoms in total. The molecule has 1 aromatic carbocycles. The molecular weight excluding hydrogens is 296 g/mol. The van der Waals surface area contributed by atoms with Crippen LogP contribution in [0.15, 0.2) is 36.5 Å². The van der Waals surface area contributed by atoms with E-state index >= 15 is 0 Å². The highest BCUT2D eigenvalue weighted by molar-refractivity contribution is 6.18. The fraction of sp³-hybridized carbons (Fsp3) is 0.312. The molecule has 7 heteroatoms. The Balaban J connectivity index is 1.87. The first-order valence-electron chi connectivity index (χ1n) is 7.36. The molecule has 2 N–H and O–H groups in total. The topological polar surface area (TPSA) is 85.2 Å². The minimum Gasteiger partial charge on any atom is -0.466 e. The molecule has 23 heavy (non-hydrogen) atoms. The van der Waals surface area contributed by atoms with Gasteiger partial charge in [0.15, 0.2) is 0 Å². The zero-order valence-electron chi connectivity index (χ0n) is 13.2. The lowest BCUT2D eigenvalue weighted by Crippen LogP contribution is -2.56. The molecule has 0 saturated carbocycles. The molecule has 0 fully saturated rings. The summed E-state index contributed by atoms with van der Waals surface area (Å²) in [6.07, 6.45) is 1.59. The van der Waals surface area contributed by atoms with Crippen molar-refractivity contribution in [2.75, 3.05) is 10.6 Å². The Labute approximate surface area is 133 Å². The van der Waals surface area contributed by atoms with Gasteiger partial charge in [0.1, 0.15) is 11.6 Å². The number of nitrogens with zero attached hydrogens (tertiary/aromatic N) is 2. The zero-order valence-corrected chi connectivity index (χ0v) is 13.2. The molecule has 0 saturated heterocycles. The summed E-state index contributed by atoms with van der Waals surface area (Å²) in [7, 11) is 0. The fourth-order valence-electron chi connectivity index (χ4n) is 2.38. The van der Waals surface area contributed by atoms with Crippen LogP contribution in [0.2, 0.25) is 0 Å². The number of benzene rings is 1. The van der Waals surface area contributed by atoms with Crippen molar-refractivity contribution in [1.82, 2.24) is 9.78 Å². The van der Waals surface area contributed by atoms with E-state index in [1.807, 2.05) is 13.8 Å². The third-order valence-electron chi connectivity index (χ3n) is 3.72. The standard InChI is InChI=1S/C16H18N4O3/c1-10(2)20-13(8-9-17-20)19-15(22)16(3)14(21)18-11-6-4-5-7-12(11)23-16/h4-10H,1-3H3,(H,18,21)(H,19,22). The van der Waals surface area contributed by atoms with Crippen LogP contribution < -0.4 is 15.4 Å². The summed E-state index contributed by atoms with van der Waals surface area (Å²) in [5.74, 6) is -0.0835. The van der Waals surface area contributed by atoms with E-state index in [0.717, 1.165) is 0 Å². The summed E-state index contributed by atoms with van der Waals surface area (Å²) in [4.78, 5) is 25.0. The van der Waals surface area contributed by atoms with Crippen LogP contribution in [0, 0.1) is 0 Å². The van der Waals surface area contributed by atoms with Gasteiger partial charge in [0.05, 0.1) is 11.9 Å². The van der Waals surface area contributed by atoms with Crippen LogP contribution in [0.25, 0.3) is 0 Å². The number of fused-ring (bicyclic) bond motifs is 1. The van der Waals surface area contributed by atoms with E-state index < -0.39 is 17.4 Å². The minimum atomic E-state index is -1.65. The summed E-state index contributed by atoms with van der Waals surface area (Å²) in [5, 5.41) is 9.57. The summed E-state index contributed by atoms with van der Waals surface area (Å²) < 4.78 is 7.35. The van der Waals surface area contributed by atoms with Gasteiger partial charge >= 0.3 is 0 Å². The average Bonchev–Trinajstić information content (AvgIpc) is 2.96.